The van der Waals surface area contributed by atoms with E-state index in [1.807, 2.05) is 35.6 Å². The summed E-state index contributed by atoms with van der Waals surface area (Å²) < 4.78 is 5.24. The van der Waals surface area contributed by atoms with E-state index in [9.17, 15) is 5.26 Å². The van der Waals surface area contributed by atoms with Gasteiger partial charge in [-0.25, -0.2) is 0 Å². The van der Waals surface area contributed by atoms with Crippen LogP contribution in [0.1, 0.15) is 27.8 Å². The van der Waals surface area contributed by atoms with Crippen LogP contribution < -0.4 is 0 Å². The lowest BCUT2D eigenvalue weighted by atomic mass is 9.65. The molecule has 0 bridgehead atoms. The second-order valence-electron chi connectivity index (χ2n) is 14.3. The molecule has 0 N–H and O–H groups in total. The van der Waals surface area contributed by atoms with E-state index in [1.165, 1.54) is 92.2 Å². The third-order valence-electron chi connectivity index (χ3n) is 11.9. The van der Waals surface area contributed by atoms with E-state index in [-0.39, 0.29) is 0 Å². The molecule has 10 aromatic rings. The Hall–Kier alpha value is -6.73. The lowest BCUT2D eigenvalue weighted by Gasteiger charge is -2.39. The van der Waals surface area contributed by atoms with Crippen LogP contribution in [0.2, 0.25) is 0 Å². The zero-order valence-corrected chi connectivity index (χ0v) is 29.3. The van der Waals surface area contributed by atoms with Gasteiger partial charge in [-0.2, -0.15) is 5.26 Å². The Bertz CT molecular complexity index is 3230. The minimum Gasteiger partial charge on any atom is -0.309 e. The van der Waals surface area contributed by atoms with Crippen LogP contribution in [0, 0.1) is 11.3 Å². The van der Waals surface area contributed by atoms with Gasteiger partial charge in [-0.1, -0.05) is 133 Å². The Labute approximate surface area is 310 Å². The van der Waals surface area contributed by atoms with Crippen molar-refractivity contribution in [3.8, 4) is 45.1 Å². The molecular formula is C50H28N2S. The SMILES string of the molecule is N#Cc1ccc(-c2ccc(-c3ccc4c(c3)C3(c5ccccc5-4)c4ccccc4-n4c5ccc6c7ccccc7sc6c5c5cccc3c54)cc2)cc1. The van der Waals surface area contributed by atoms with Crippen LogP contribution >= 0.6 is 11.3 Å². The topological polar surface area (TPSA) is 28.7 Å². The molecule has 1 atom stereocenters. The summed E-state index contributed by atoms with van der Waals surface area (Å²) >= 11 is 1.91. The standard InChI is InChI=1S/C50H28N2S/c51-29-30-16-18-31(19-17-30)32-20-22-33(23-21-32)34-24-25-36-35-8-1-3-11-40(35)50(43(36)28-34)41-12-4-5-14-44(41)52-45-27-26-38-37-9-2-6-15-46(37)53-49(38)47(45)39-10-7-13-42(50)48(39)52/h1-28H. The summed E-state index contributed by atoms with van der Waals surface area (Å²) in [4.78, 5) is 0. The van der Waals surface area contributed by atoms with Crippen LogP contribution in [0.4, 0.5) is 0 Å². The Balaban J connectivity index is 1.14. The minimum absolute atomic E-state index is 0.496. The van der Waals surface area contributed by atoms with Crippen LogP contribution in [-0.2, 0) is 5.41 Å². The van der Waals surface area contributed by atoms with Crippen molar-refractivity contribution in [3.63, 3.8) is 0 Å². The summed E-state index contributed by atoms with van der Waals surface area (Å²) in [6.45, 7) is 0. The summed E-state index contributed by atoms with van der Waals surface area (Å²) in [6, 6.07) is 64.7. The van der Waals surface area contributed by atoms with E-state index >= 15 is 0 Å². The highest BCUT2D eigenvalue weighted by Crippen LogP contribution is 2.61. The summed E-state index contributed by atoms with van der Waals surface area (Å²) in [5.41, 5.74) is 16.5. The van der Waals surface area contributed by atoms with Gasteiger partial charge < -0.3 is 4.57 Å². The molecule has 0 radical (unpaired) electrons. The van der Waals surface area contributed by atoms with Gasteiger partial charge in [0.1, 0.15) is 0 Å². The zero-order valence-electron chi connectivity index (χ0n) is 28.5. The van der Waals surface area contributed by atoms with Crippen molar-refractivity contribution in [2.45, 2.75) is 5.41 Å². The van der Waals surface area contributed by atoms with Crippen LogP contribution in [0.3, 0.4) is 0 Å². The molecule has 0 fully saturated rings. The number of benzene rings is 8. The summed E-state index contributed by atoms with van der Waals surface area (Å²) in [5.74, 6) is 0. The normalized spacial score (nSPS) is 15.2. The van der Waals surface area contributed by atoms with Crippen LogP contribution in [0.15, 0.2) is 170 Å². The Morgan fingerprint density at radius 1 is 0.491 bits per heavy atom. The number of hydrogen-bond acceptors (Lipinski definition) is 2. The molecule has 1 unspecified atom stereocenters. The number of aromatic nitrogens is 1. The molecule has 8 aromatic carbocycles. The Morgan fingerprint density at radius 3 is 1.96 bits per heavy atom. The summed E-state index contributed by atoms with van der Waals surface area (Å²) in [6.07, 6.45) is 0. The number of fused-ring (bicyclic) bond motifs is 16. The van der Waals surface area contributed by atoms with E-state index in [4.69, 9.17) is 0 Å². The van der Waals surface area contributed by atoms with Crippen molar-refractivity contribution >= 4 is 53.3 Å². The molecule has 1 spiro atoms. The monoisotopic (exact) mass is 688 g/mol. The van der Waals surface area contributed by atoms with Gasteiger partial charge in [0.25, 0.3) is 0 Å². The van der Waals surface area contributed by atoms with Crippen molar-refractivity contribution in [2.24, 2.45) is 0 Å². The summed E-state index contributed by atoms with van der Waals surface area (Å²) in [5, 5.41) is 14.6. The van der Waals surface area contributed by atoms with Crippen LogP contribution in [0.25, 0.3) is 81.0 Å². The molecule has 3 heterocycles. The van der Waals surface area contributed by atoms with E-state index in [1.54, 1.807) is 0 Å². The number of para-hydroxylation sites is 2. The van der Waals surface area contributed by atoms with Crippen molar-refractivity contribution in [1.29, 1.82) is 5.26 Å². The molecule has 2 nitrogen and oxygen atoms in total. The fourth-order valence-corrected chi connectivity index (χ4v) is 10.9. The zero-order chi connectivity index (χ0) is 34.8. The molecule has 1 aliphatic heterocycles. The lowest BCUT2D eigenvalue weighted by Crippen LogP contribution is -2.33. The fraction of sp³-hybridized carbons (Fsp3) is 0.0200. The van der Waals surface area contributed by atoms with E-state index in [0.717, 1.165) is 11.1 Å². The number of nitriles is 1. The van der Waals surface area contributed by atoms with E-state index in [0.29, 0.717) is 5.56 Å². The third kappa shape index (κ3) is 3.66. The van der Waals surface area contributed by atoms with Gasteiger partial charge in [0.2, 0.25) is 0 Å². The molecule has 3 heteroatoms. The lowest BCUT2D eigenvalue weighted by molar-refractivity contribution is 0.749. The van der Waals surface area contributed by atoms with Gasteiger partial charge in [0.15, 0.2) is 0 Å². The van der Waals surface area contributed by atoms with E-state index in [2.05, 4.69) is 156 Å². The molecule has 12 rings (SSSR count). The van der Waals surface area contributed by atoms with Crippen molar-refractivity contribution in [1.82, 2.24) is 4.57 Å². The van der Waals surface area contributed by atoms with Crippen molar-refractivity contribution < 1.29 is 0 Å². The maximum Gasteiger partial charge on any atom is 0.0991 e. The second kappa shape index (κ2) is 10.4. The van der Waals surface area contributed by atoms with Crippen LogP contribution in [-0.4, -0.2) is 4.57 Å². The smallest absolute Gasteiger partial charge is 0.0991 e. The van der Waals surface area contributed by atoms with Gasteiger partial charge >= 0.3 is 0 Å². The number of hydrogen-bond donors (Lipinski definition) is 0. The molecule has 53 heavy (non-hydrogen) atoms. The van der Waals surface area contributed by atoms with Gasteiger partial charge in [-0.3, -0.25) is 0 Å². The molecule has 0 saturated heterocycles. The van der Waals surface area contributed by atoms with Gasteiger partial charge in [0, 0.05) is 30.9 Å². The maximum absolute atomic E-state index is 9.27. The fourth-order valence-electron chi connectivity index (χ4n) is 9.65. The first-order valence-corrected chi connectivity index (χ1v) is 18.9. The molecule has 244 valence electrons. The average molecular weight is 689 g/mol. The molecule has 1 aliphatic carbocycles. The molecule has 2 aromatic heterocycles. The Morgan fingerprint density at radius 2 is 1.13 bits per heavy atom. The van der Waals surface area contributed by atoms with Crippen molar-refractivity contribution in [2.75, 3.05) is 0 Å². The predicted octanol–water partition coefficient (Wildman–Crippen LogP) is 13.0. The highest BCUT2D eigenvalue weighted by molar-refractivity contribution is 7.26. The number of nitrogens with zero attached hydrogens (tertiary/aromatic N) is 2. The van der Waals surface area contributed by atoms with Gasteiger partial charge in [-0.05, 0) is 92.0 Å². The largest absolute Gasteiger partial charge is 0.309 e. The molecule has 0 amide bonds. The molecule has 2 aliphatic rings. The van der Waals surface area contributed by atoms with E-state index < -0.39 is 5.41 Å². The molecular weight excluding hydrogens is 661 g/mol. The molecule has 0 saturated carbocycles. The third-order valence-corrected chi connectivity index (χ3v) is 13.1. The average Bonchev–Trinajstić information content (AvgIpc) is 3.87. The van der Waals surface area contributed by atoms with Crippen LogP contribution in [0.5, 0.6) is 0 Å². The van der Waals surface area contributed by atoms with Gasteiger partial charge in [-0.15, -0.1) is 11.3 Å². The second-order valence-corrected chi connectivity index (χ2v) is 15.4. The van der Waals surface area contributed by atoms with Crippen molar-refractivity contribution in [3.05, 3.63) is 198 Å². The minimum atomic E-state index is -0.496. The predicted molar refractivity (Wildman–Crippen MR) is 220 cm³/mol. The number of rotatable bonds is 2. The number of thiophene rings is 1. The highest BCUT2D eigenvalue weighted by atomic mass is 32.1. The first-order chi connectivity index (χ1) is 26.2. The maximum atomic E-state index is 9.27. The quantitative estimate of drug-likeness (QED) is 0.178. The highest BCUT2D eigenvalue weighted by Gasteiger charge is 2.50. The first-order valence-electron chi connectivity index (χ1n) is 18.1. The summed E-state index contributed by atoms with van der Waals surface area (Å²) in [7, 11) is 0. The van der Waals surface area contributed by atoms with Gasteiger partial charge in [0.05, 0.1) is 33.8 Å². The Kier molecular flexibility index (Phi) is 5.68. The first kappa shape index (κ1) is 28.9.